The van der Waals surface area contributed by atoms with E-state index < -0.39 is 22.1 Å². The Morgan fingerprint density at radius 1 is 1.00 bits per heavy atom. The van der Waals surface area contributed by atoms with Crippen LogP contribution in [-0.4, -0.2) is 20.7 Å². The molecule has 0 aliphatic heterocycles. The summed E-state index contributed by atoms with van der Waals surface area (Å²) in [7, 11) is -3.38. The van der Waals surface area contributed by atoms with Crippen LogP contribution in [0.25, 0.3) is 0 Å². The Morgan fingerprint density at radius 3 is 2.31 bits per heavy atom. The number of rotatable bonds is 6. The molecule has 0 fully saturated rings. The molecule has 0 spiro atoms. The Kier molecular flexibility index (Phi) is 6.20. The summed E-state index contributed by atoms with van der Waals surface area (Å²) >= 11 is 0. The van der Waals surface area contributed by atoms with E-state index in [1.165, 1.54) is 6.07 Å². The highest BCUT2D eigenvalue weighted by molar-refractivity contribution is 7.92. The number of hydrogen-bond donors (Lipinski definition) is 3. The lowest BCUT2D eigenvalue weighted by Crippen LogP contribution is -2.38. The van der Waals surface area contributed by atoms with Gasteiger partial charge < -0.3 is 10.6 Å². The van der Waals surface area contributed by atoms with Crippen LogP contribution in [0.3, 0.4) is 0 Å². The van der Waals surface area contributed by atoms with Crippen LogP contribution in [0.5, 0.6) is 0 Å². The first-order chi connectivity index (χ1) is 12.2. The Labute approximate surface area is 152 Å². The molecular formula is C18H22FN3O3S. The Bertz CT molecular complexity index is 887. The van der Waals surface area contributed by atoms with Crippen LogP contribution in [-0.2, 0) is 10.0 Å². The number of halogens is 1. The average molecular weight is 379 g/mol. The van der Waals surface area contributed by atoms with Crippen molar-refractivity contribution in [1.82, 2.24) is 10.6 Å². The molecule has 0 aliphatic rings. The summed E-state index contributed by atoms with van der Waals surface area (Å²) < 4.78 is 38.8. The molecule has 2 atom stereocenters. The van der Waals surface area contributed by atoms with Gasteiger partial charge in [0.1, 0.15) is 5.82 Å². The first kappa shape index (κ1) is 19.7. The molecule has 2 rings (SSSR count). The van der Waals surface area contributed by atoms with Gasteiger partial charge in [0.05, 0.1) is 18.3 Å². The van der Waals surface area contributed by atoms with E-state index in [1.54, 1.807) is 56.3 Å². The van der Waals surface area contributed by atoms with E-state index in [2.05, 4.69) is 15.4 Å². The van der Waals surface area contributed by atoms with Gasteiger partial charge in [-0.3, -0.25) is 4.72 Å². The van der Waals surface area contributed by atoms with Crippen molar-refractivity contribution in [3.05, 3.63) is 65.5 Å². The van der Waals surface area contributed by atoms with Crippen molar-refractivity contribution >= 4 is 21.7 Å². The lowest BCUT2D eigenvalue weighted by molar-refractivity contribution is 0.234. The summed E-state index contributed by atoms with van der Waals surface area (Å²) in [5, 5.41) is 5.45. The lowest BCUT2D eigenvalue weighted by atomic mass is 10.1. The van der Waals surface area contributed by atoms with Crippen LogP contribution < -0.4 is 15.4 Å². The second kappa shape index (κ2) is 8.18. The summed E-state index contributed by atoms with van der Waals surface area (Å²) in [6.45, 7) is 3.46. The van der Waals surface area contributed by atoms with Crippen molar-refractivity contribution in [1.29, 1.82) is 0 Å². The zero-order chi connectivity index (χ0) is 19.3. The van der Waals surface area contributed by atoms with Crippen molar-refractivity contribution < 1.29 is 17.6 Å². The molecule has 0 bridgehead atoms. The molecule has 3 N–H and O–H groups in total. The molecule has 0 aliphatic carbocycles. The third-order valence-corrected chi connectivity index (χ3v) is 4.36. The molecule has 2 aromatic carbocycles. The van der Waals surface area contributed by atoms with Gasteiger partial charge >= 0.3 is 6.03 Å². The number of anilines is 1. The van der Waals surface area contributed by atoms with Crippen molar-refractivity contribution in [2.45, 2.75) is 25.9 Å². The smallest absolute Gasteiger partial charge is 0.315 e. The molecule has 6 nitrogen and oxygen atoms in total. The van der Waals surface area contributed by atoms with Crippen molar-refractivity contribution in [3.8, 4) is 0 Å². The fourth-order valence-corrected chi connectivity index (χ4v) is 3.06. The molecule has 0 heterocycles. The molecule has 26 heavy (non-hydrogen) atoms. The topological polar surface area (TPSA) is 87.3 Å². The van der Waals surface area contributed by atoms with E-state index in [4.69, 9.17) is 0 Å². The molecule has 0 saturated carbocycles. The zero-order valence-electron chi connectivity index (χ0n) is 14.8. The standard InChI is InChI=1S/C18H22FN3O3S/c1-12(14-7-6-8-15(11-14)22-26(3,24)25)20-18(23)21-13(2)16-9-4-5-10-17(16)19/h4-13,22H,1-3H3,(H2,20,21,23)/t12-,13-/m0/s1. The summed E-state index contributed by atoms with van der Waals surface area (Å²) in [6.07, 6.45) is 1.07. The highest BCUT2D eigenvalue weighted by Crippen LogP contribution is 2.19. The van der Waals surface area contributed by atoms with Gasteiger partial charge in [0.2, 0.25) is 10.0 Å². The van der Waals surface area contributed by atoms with Crippen LogP contribution in [0, 0.1) is 5.82 Å². The Hall–Kier alpha value is -2.61. The SMILES string of the molecule is C[C@H](NC(=O)N[C@@H](C)c1ccccc1F)c1cccc(NS(C)(=O)=O)c1. The van der Waals surface area contributed by atoms with Crippen molar-refractivity contribution in [3.63, 3.8) is 0 Å². The maximum atomic E-state index is 13.8. The first-order valence-electron chi connectivity index (χ1n) is 8.05. The van der Waals surface area contributed by atoms with Gasteiger partial charge in [-0.1, -0.05) is 30.3 Å². The predicted octanol–water partition coefficient (Wildman–Crippen LogP) is 3.32. The van der Waals surface area contributed by atoms with Crippen molar-refractivity contribution in [2.75, 3.05) is 11.0 Å². The summed E-state index contributed by atoms with van der Waals surface area (Å²) in [5.41, 5.74) is 1.54. The fourth-order valence-electron chi connectivity index (χ4n) is 2.51. The zero-order valence-corrected chi connectivity index (χ0v) is 15.6. The lowest BCUT2D eigenvalue weighted by Gasteiger charge is -2.19. The number of urea groups is 1. The number of benzene rings is 2. The summed E-state index contributed by atoms with van der Waals surface area (Å²) in [5.74, 6) is -0.382. The van der Waals surface area contributed by atoms with Crippen LogP contribution in [0.1, 0.15) is 37.1 Å². The van der Waals surface area contributed by atoms with Gasteiger partial charge in [0, 0.05) is 11.3 Å². The number of nitrogens with one attached hydrogen (secondary N) is 3. The maximum absolute atomic E-state index is 13.8. The average Bonchev–Trinajstić information content (AvgIpc) is 2.53. The third-order valence-electron chi connectivity index (χ3n) is 3.76. The van der Waals surface area contributed by atoms with Gasteiger partial charge in [-0.05, 0) is 37.6 Å². The number of carbonyl (C=O) groups is 1. The molecule has 2 aromatic rings. The number of sulfonamides is 1. The number of hydrogen-bond acceptors (Lipinski definition) is 3. The maximum Gasteiger partial charge on any atom is 0.315 e. The van der Waals surface area contributed by atoms with E-state index >= 15 is 0 Å². The molecule has 140 valence electrons. The highest BCUT2D eigenvalue weighted by atomic mass is 32.2. The van der Waals surface area contributed by atoms with Crippen molar-refractivity contribution in [2.24, 2.45) is 0 Å². The second-order valence-corrected chi connectivity index (χ2v) is 7.83. The molecule has 0 radical (unpaired) electrons. The van der Waals surface area contributed by atoms with Crippen LogP contribution in [0.15, 0.2) is 48.5 Å². The predicted molar refractivity (Wildman–Crippen MR) is 99.8 cm³/mol. The molecule has 8 heteroatoms. The molecule has 2 amide bonds. The second-order valence-electron chi connectivity index (χ2n) is 6.08. The van der Waals surface area contributed by atoms with E-state index in [9.17, 15) is 17.6 Å². The first-order valence-corrected chi connectivity index (χ1v) is 9.94. The minimum absolute atomic E-state index is 0.371. The highest BCUT2D eigenvalue weighted by Gasteiger charge is 2.15. The van der Waals surface area contributed by atoms with Crippen LogP contribution >= 0.6 is 0 Å². The van der Waals surface area contributed by atoms with Gasteiger partial charge in [-0.15, -0.1) is 0 Å². The van der Waals surface area contributed by atoms with Crippen LogP contribution in [0.2, 0.25) is 0 Å². The fraction of sp³-hybridized carbons (Fsp3) is 0.278. The summed E-state index contributed by atoms with van der Waals surface area (Å²) in [4.78, 5) is 12.2. The molecule has 0 unspecified atom stereocenters. The van der Waals surface area contributed by atoms with Gasteiger partial charge in [-0.25, -0.2) is 17.6 Å². The minimum Gasteiger partial charge on any atom is -0.332 e. The minimum atomic E-state index is -3.38. The third kappa shape index (κ3) is 5.73. The summed E-state index contributed by atoms with van der Waals surface area (Å²) in [6, 6.07) is 11.7. The molecule has 0 saturated heterocycles. The number of amides is 2. The van der Waals surface area contributed by atoms with E-state index in [1.807, 2.05) is 0 Å². The van der Waals surface area contributed by atoms with Gasteiger partial charge in [0.15, 0.2) is 0 Å². The largest absolute Gasteiger partial charge is 0.332 e. The van der Waals surface area contributed by atoms with E-state index in [0.717, 1.165) is 11.8 Å². The van der Waals surface area contributed by atoms with E-state index in [0.29, 0.717) is 11.3 Å². The molecule has 0 aromatic heterocycles. The Morgan fingerprint density at radius 2 is 1.65 bits per heavy atom. The van der Waals surface area contributed by atoms with Gasteiger partial charge in [0.25, 0.3) is 0 Å². The molecular weight excluding hydrogens is 357 g/mol. The van der Waals surface area contributed by atoms with Crippen LogP contribution in [0.4, 0.5) is 14.9 Å². The van der Waals surface area contributed by atoms with E-state index in [-0.39, 0.29) is 11.9 Å². The number of carbonyl (C=O) groups excluding carboxylic acids is 1. The van der Waals surface area contributed by atoms with Gasteiger partial charge in [-0.2, -0.15) is 0 Å². The quantitative estimate of drug-likeness (QED) is 0.719. The monoisotopic (exact) mass is 379 g/mol. The Balaban J connectivity index is 2.01. The normalized spacial score (nSPS) is 13.5.